The summed E-state index contributed by atoms with van der Waals surface area (Å²) in [5.41, 5.74) is 8.62. The van der Waals surface area contributed by atoms with Crippen molar-refractivity contribution in [2.24, 2.45) is 9.98 Å². The fourth-order valence-corrected chi connectivity index (χ4v) is 3.46. The molecule has 0 fully saturated rings. The molecule has 171 valence electrons. The Morgan fingerprint density at radius 2 is 1.47 bits per heavy atom. The fourth-order valence-electron chi connectivity index (χ4n) is 3.07. The van der Waals surface area contributed by atoms with Crippen molar-refractivity contribution < 1.29 is 40.8 Å². The van der Waals surface area contributed by atoms with E-state index in [9.17, 15) is 0 Å². The van der Waals surface area contributed by atoms with Gasteiger partial charge in [-0.2, -0.15) is 0 Å². The maximum absolute atomic E-state index is 6.14. The third kappa shape index (κ3) is 9.05. The second-order valence-corrected chi connectivity index (χ2v) is 8.39. The molecule has 3 aromatic rings. The summed E-state index contributed by atoms with van der Waals surface area (Å²) in [4.78, 5) is 13.1. The molecule has 0 N–H and O–H groups in total. The molecule has 0 spiro atoms. The van der Waals surface area contributed by atoms with E-state index in [0.29, 0.717) is 5.02 Å². The van der Waals surface area contributed by atoms with Gasteiger partial charge in [0.2, 0.25) is 0 Å². The second-order valence-electron chi connectivity index (χ2n) is 7.18. The maximum Gasteiger partial charge on any atom is -1.00 e. The van der Waals surface area contributed by atoms with E-state index in [1.165, 1.54) is 16.7 Å². The number of para-hydroxylation sites is 1. The number of nitrogens with zero attached hydrogens (tertiary/aromatic N) is 3. The van der Waals surface area contributed by atoms with Gasteiger partial charge in [-0.15, -0.1) is 0 Å². The molecule has 0 aliphatic heterocycles. The zero-order chi connectivity index (χ0) is 22.3. The third-order valence-corrected chi connectivity index (χ3v) is 4.87. The van der Waals surface area contributed by atoms with Crippen LogP contribution in [0.4, 0.5) is 11.4 Å². The third-order valence-electron chi connectivity index (χ3n) is 4.45. The first-order valence-electron chi connectivity index (χ1n) is 9.67. The smallest absolute Gasteiger partial charge is 1.00 e. The van der Waals surface area contributed by atoms with Gasteiger partial charge >= 0.3 is 87.8 Å². The van der Waals surface area contributed by atoms with Gasteiger partial charge in [-0.3, -0.25) is 9.98 Å². The molecular formula is C25H27Cl3FeN3. The van der Waals surface area contributed by atoms with Crippen LogP contribution in [-0.4, -0.2) is 15.3 Å². The minimum Gasteiger partial charge on any atom is -1.00 e. The number of rotatable bonds is 3. The van der Waals surface area contributed by atoms with Gasteiger partial charge in [-0.05, 0) is 31.5 Å². The number of aromatic nitrogens is 1. The van der Waals surface area contributed by atoms with Gasteiger partial charge in [0, 0.05) is 23.7 Å². The standard InChI is InChI=1S/C14H13ClN2.C11H14N.2ClH.Fe/c1-10-5-3-7-13(15)14(10)17-11(2)12-6-4-8-16-9-12;1-5-12-11-9(3)6-8(2)7-10(11)4;;;/h3-9H,1-2H3;6-7H,1-4H3;2*1H;/q;;;;+2/p-2. The molecule has 0 aliphatic rings. The average molecular weight is 532 g/mol. The average Bonchev–Trinajstić information content (AvgIpc) is 2.68. The minimum atomic E-state index is 0. The molecule has 0 saturated heterocycles. The van der Waals surface area contributed by atoms with Crippen molar-refractivity contribution in [3.8, 4) is 0 Å². The van der Waals surface area contributed by atoms with E-state index in [-0.39, 0.29) is 24.8 Å². The van der Waals surface area contributed by atoms with E-state index < -0.39 is 0 Å². The SMILES string of the molecule is CC(=Nc1c(C)cccc1Cl)c1cccnc1.C[C]([Fe+2])=Nc1c(C)cc(C)cc1C.[Cl-].[Cl-]. The van der Waals surface area contributed by atoms with Crippen LogP contribution in [0.2, 0.25) is 5.02 Å². The van der Waals surface area contributed by atoms with Crippen molar-refractivity contribution in [2.75, 3.05) is 0 Å². The van der Waals surface area contributed by atoms with Crippen molar-refractivity contribution in [1.29, 1.82) is 0 Å². The zero-order valence-electron chi connectivity index (χ0n) is 19.0. The van der Waals surface area contributed by atoms with Gasteiger partial charge in [0.1, 0.15) is 0 Å². The number of aliphatic imine (C=N–C) groups is 2. The van der Waals surface area contributed by atoms with E-state index in [2.05, 4.69) is 63.9 Å². The number of hydrogen-bond acceptors (Lipinski definition) is 3. The topological polar surface area (TPSA) is 37.6 Å². The van der Waals surface area contributed by atoms with Crippen LogP contribution in [0.5, 0.6) is 0 Å². The molecule has 32 heavy (non-hydrogen) atoms. The number of halogens is 3. The van der Waals surface area contributed by atoms with Crippen molar-refractivity contribution >= 4 is 33.3 Å². The number of aryl methyl sites for hydroxylation is 4. The molecule has 0 unspecified atom stereocenters. The van der Waals surface area contributed by atoms with E-state index in [1.54, 1.807) is 12.4 Å². The van der Waals surface area contributed by atoms with Gasteiger partial charge in [0.25, 0.3) is 0 Å². The van der Waals surface area contributed by atoms with Crippen LogP contribution in [0.15, 0.2) is 64.8 Å². The van der Waals surface area contributed by atoms with Gasteiger partial charge in [0.15, 0.2) is 0 Å². The molecule has 2 aromatic carbocycles. The molecule has 0 radical (unpaired) electrons. The number of hydrogen-bond donors (Lipinski definition) is 0. The van der Waals surface area contributed by atoms with Crippen molar-refractivity contribution in [2.45, 2.75) is 41.5 Å². The Hall–Kier alpha value is -1.68. The van der Waals surface area contributed by atoms with Gasteiger partial charge in [0.05, 0.1) is 10.7 Å². The summed E-state index contributed by atoms with van der Waals surface area (Å²) < 4.78 is 0.857. The number of pyridine rings is 1. The van der Waals surface area contributed by atoms with Crippen LogP contribution < -0.4 is 24.8 Å². The fraction of sp³-hybridized carbons (Fsp3) is 0.240. The Kier molecular flexibility index (Phi) is 13.7. The molecular weight excluding hydrogens is 505 g/mol. The van der Waals surface area contributed by atoms with E-state index in [1.807, 2.05) is 51.1 Å². The van der Waals surface area contributed by atoms with Crippen molar-refractivity contribution in [3.63, 3.8) is 0 Å². The second kappa shape index (κ2) is 14.5. The maximum atomic E-state index is 6.14. The van der Waals surface area contributed by atoms with Crippen LogP contribution in [0.1, 0.15) is 41.7 Å². The molecule has 0 amide bonds. The van der Waals surface area contributed by atoms with Crippen LogP contribution in [-0.2, 0) is 16.0 Å². The largest absolute Gasteiger partial charge is 1.00 e. The van der Waals surface area contributed by atoms with Crippen LogP contribution in [0, 0.1) is 27.7 Å². The first-order valence-corrected chi connectivity index (χ1v) is 10.6. The Balaban J connectivity index is 0.000000584. The van der Waals surface area contributed by atoms with E-state index in [0.717, 1.165) is 32.8 Å². The molecule has 7 heteroatoms. The summed E-state index contributed by atoms with van der Waals surface area (Å²) in [6.45, 7) is 12.1. The Morgan fingerprint density at radius 1 is 0.844 bits per heavy atom. The first-order chi connectivity index (χ1) is 14.2. The summed E-state index contributed by atoms with van der Waals surface area (Å²) in [5, 5.41) is 0.674. The monoisotopic (exact) mass is 530 g/mol. The van der Waals surface area contributed by atoms with E-state index in [4.69, 9.17) is 11.6 Å². The summed E-state index contributed by atoms with van der Waals surface area (Å²) >= 11 is 9.93. The van der Waals surface area contributed by atoms with Crippen molar-refractivity contribution in [1.82, 2.24) is 4.98 Å². The molecule has 1 aromatic heterocycles. The van der Waals surface area contributed by atoms with Crippen LogP contribution >= 0.6 is 11.6 Å². The Labute approximate surface area is 217 Å². The zero-order valence-corrected chi connectivity index (χ0v) is 22.4. The predicted molar refractivity (Wildman–Crippen MR) is 126 cm³/mol. The summed E-state index contributed by atoms with van der Waals surface area (Å²) in [6, 6.07) is 14.0. The van der Waals surface area contributed by atoms with Gasteiger partial charge < -0.3 is 24.8 Å². The molecule has 0 aliphatic carbocycles. The van der Waals surface area contributed by atoms with Gasteiger partial charge in [-0.25, -0.2) is 0 Å². The summed E-state index contributed by atoms with van der Waals surface area (Å²) in [5.74, 6) is 0. The number of benzene rings is 2. The Bertz CT molecular complexity index is 1030. The normalized spacial score (nSPS) is 11.0. The molecule has 3 rings (SSSR count). The molecule has 0 saturated carbocycles. The van der Waals surface area contributed by atoms with Crippen molar-refractivity contribution in [3.05, 3.63) is 87.7 Å². The first kappa shape index (κ1) is 30.3. The summed E-state index contributed by atoms with van der Waals surface area (Å²) in [6.07, 6.45) is 3.54. The molecule has 0 bridgehead atoms. The van der Waals surface area contributed by atoms with Crippen LogP contribution in [0.3, 0.4) is 0 Å². The van der Waals surface area contributed by atoms with E-state index >= 15 is 0 Å². The summed E-state index contributed by atoms with van der Waals surface area (Å²) in [7, 11) is 0. The Morgan fingerprint density at radius 3 is 1.97 bits per heavy atom. The molecule has 0 atom stereocenters. The molecule has 3 nitrogen and oxygen atoms in total. The van der Waals surface area contributed by atoms with Crippen LogP contribution in [0.25, 0.3) is 0 Å². The quantitative estimate of drug-likeness (QED) is 0.372. The molecule has 1 heterocycles. The minimum absolute atomic E-state index is 0. The van der Waals surface area contributed by atoms with Gasteiger partial charge in [-0.1, -0.05) is 29.8 Å². The predicted octanol–water partition coefficient (Wildman–Crippen LogP) is 1.40.